The summed E-state index contributed by atoms with van der Waals surface area (Å²) in [6.07, 6.45) is 3.58. The minimum absolute atomic E-state index is 0.0225. The van der Waals surface area contributed by atoms with Crippen molar-refractivity contribution in [3.05, 3.63) is 36.3 Å². The highest BCUT2D eigenvalue weighted by molar-refractivity contribution is 7.26. The third kappa shape index (κ3) is 2.45. The second-order valence-electron chi connectivity index (χ2n) is 5.30. The molecule has 4 heterocycles. The van der Waals surface area contributed by atoms with Crippen molar-refractivity contribution in [2.75, 3.05) is 18.5 Å². The highest BCUT2D eigenvalue weighted by Crippen LogP contribution is 2.39. The minimum Gasteiger partial charge on any atom is -0.395 e. The lowest BCUT2D eigenvalue weighted by Gasteiger charge is -2.05. The summed E-state index contributed by atoms with van der Waals surface area (Å²) in [4.78, 5) is 9.75. The number of hydrogen-bond acceptors (Lipinski definition) is 8. The summed E-state index contributed by atoms with van der Waals surface area (Å²) in [5, 5.41) is 25.2. The van der Waals surface area contributed by atoms with Crippen molar-refractivity contribution in [3.8, 4) is 11.1 Å². The zero-order chi connectivity index (χ0) is 16.5. The number of nitrogens with zero attached hydrogens (tertiary/aromatic N) is 5. The van der Waals surface area contributed by atoms with Gasteiger partial charge in [0.2, 0.25) is 0 Å². The maximum atomic E-state index is 9.03. The van der Waals surface area contributed by atoms with Crippen LogP contribution in [0.1, 0.15) is 5.69 Å². The molecule has 0 bridgehead atoms. The smallest absolute Gasteiger partial charge is 0.170 e. The van der Waals surface area contributed by atoms with Crippen molar-refractivity contribution in [2.24, 2.45) is 0 Å². The van der Waals surface area contributed by atoms with E-state index in [9.17, 15) is 0 Å². The van der Waals surface area contributed by atoms with E-state index in [0.29, 0.717) is 12.4 Å². The molecular weight excluding hydrogens is 324 g/mol. The van der Waals surface area contributed by atoms with Gasteiger partial charge in [-0.05, 0) is 29.8 Å². The van der Waals surface area contributed by atoms with Crippen molar-refractivity contribution in [2.45, 2.75) is 6.92 Å². The summed E-state index contributed by atoms with van der Waals surface area (Å²) in [6, 6.07) is 5.96. The van der Waals surface area contributed by atoms with Gasteiger partial charge in [0.15, 0.2) is 5.82 Å². The lowest BCUT2D eigenvalue weighted by atomic mass is 10.0. The minimum atomic E-state index is 0.0225. The number of aryl methyl sites for hydroxylation is 1. The van der Waals surface area contributed by atoms with Crippen LogP contribution in [0.25, 0.3) is 31.6 Å². The van der Waals surface area contributed by atoms with E-state index in [1.165, 1.54) is 11.3 Å². The Morgan fingerprint density at radius 2 is 2.21 bits per heavy atom. The van der Waals surface area contributed by atoms with E-state index >= 15 is 0 Å². The van der Waals surface area contributed by atoms with E-state index in [1.807, 2.05) is 31.3 Å². The average Bonchev–Trinajstić information content (AvgIpc) is 2.98. The molecule has 2 N–H and O–H groups in total. The maximum Gasteiger partial charge on any atom is 0.170 e. The second kappa shape index (κ2) is 6.06. The number of pyridine rings is 2. The molecule has 24 heavy (non-hydrogen) atoms. The molecule has 0 saturated heterocycles. The first-order valence-electron chi connectivity index (χ1n) is 7.46. The fraction of sp³-hybridized carbons (Fsp3) is 0.188. The predicted octanol–water partition coefficient (Wildman–Crippen LogP) is 2.41. The second-order valence-corrected chi connectivity index (χ2v) is 6.30. The Morgan fingerprint density at radius 1 is 1.29 bits per heavy atom. The van der Waals surface area contributed by atoms with Crippen LogP contribution in [0.2, 0.25) is 0 Å². The molecule has 0 aliphatic carbocycles. The van der Waals surface area contributed by atoms with Crippen LogP contribution in [0.15, 0.2) is 30.6 Å². The molecule has 120 valence electrons. The van der Waals surface area contributed by atoms with Crippen molar-refractivity contribution in [1.29, 1.82) is 0 Å². The van der Waals surface area contributed by atoms with Crippen LogP contribution >= 0.6 is 11.3 Å². The first kappa shape index (κ1) is 14.9. The number of hydrogen-bond donors (Lipinski definition) is 2. The number of aromatic nitrogens is 5. The normalized spacial score (nSPS) is 11.2. The summed E-state index contributed by atoms with van der Waals surface area (Å²) in [6.45, 7) is 2.40. The van der Waals surface area contributed by atoms with Crippen LogP contribution in [0.5, 0.6) is 0 Å². The van der Waals surface area contributed by atoms with E-state index < -0.39 is 0 Å². The van der Waals surface area contributed by atoms with Crippen molar-refractivity contribution >= 4 is 37.6 Å². The Bertz CT molecular complexity index is 1020. The van der Waals surface area contributed by atoms with Crippen LogP contribution in [-0.2, 0) is 0 Å². The van der Waals surface area contributed by atoms with Gasteiger partial charge < -0.3 is 10.4 Å². The molecule has 0 unspecified atom stereocenters. The molecule has 7 nitrogen and oxygen atoms in total. The molecule has 0 spiro atoms. The molecule has 0 fully saturated rings. The topological polar surface area (TPSA) is 96.7 Å². The zero-order valence-corrected chi connectivity index (χ0v) is 13.7. The Hall–Kier alpha value is -2.71. The van der Waals surface area contributed by atoms with E-state index in [0.717, 1.165) is 37.3 Å². The fourth-order valence-corrected chi connectivity index (χ4v) is 3.80. The van der Waals surface area contributed by atoms with Gasteiger partial charge in [0.1, 0.15) is 15.0 Å². The summed E-state index contributed by atoms with van der Waals surface area (Å²) in [7, 11) is 0. The van der Waals surface area contributed by atoms with Crippen LogP contribution in [0.4, 0.5) is 5.82 Å². The van der Waals surface area contributed by atoms with E-state index in [2.05, 4.69) is 30.7 Å². The van der Waals surface area contributed by atoms with E-state index in [4.69, 9.17) is 5.11 Å². The summed E-state index contributed by atoms with van der Waals surface area (Å²) in [5.41, 5.74) is 3.73. The van der Waals surface area contributed by atoms with Crippen LogP contribution in [-0.4, -0.2) is 43.6 Å². The number of rotatable bonds is 4. The van der Waals surface area contributed by atoms with E-state index in [-0.39, 0.29) is 6.61 Å². The third-order valence-corrected chi connectivity index (χ3v) is 4.73. The molecule has 4 rings (SSSR count). The molecule has 4 aromatic rings. The maximum absolute atomic E-state index is 9.03. The number of anilines is 1. The molecule has 0 saturated carbocycles. The molecule has 4 aromatic heterocycles. The van der Waals surface area contributed by atoms with Gasteiger partial charge in [-0.1, -0.05) is 6.07 Å². The number of nitrogens with one attached hydrogen (secondary N) is 1. The van der Waals surface area contributed by atoms with Gasteiger partial charge in [-0.15, -0.1) is 21.5 Å². The number of thiophene rings is 1. The molecular formula is C16H14N6OS. The van der Waals surface area contributed by atoms with Crippen molar-refractivity contribution in [3.63, 3.8) is 0 Å². The molecule has 0 amide bonds. The lowest BCUT2D eigenvalue weighted by Crippen LogP contribution is -2.08. The Kier molecular flexibility index (Phi) is 3.75. The van der Waals surface area contributed by atoms with Crippen LogP contribution in [0, 0.1) is 6.92 Å². The Balaban J connectivity index is 2.04. The Labute approximate surface area is 141 Å². The van der Waals surface area contributed by atoms with Gasteiger partial charge in [0.25, 0.3) is 0 Å². The highest BCUT2D eigenvalue weighted by atomic mass is 32.1. The average molecular weight is 338 g/mol. The monoisotopic (exact) mass is 338 g/mol. The molecule has 0 aliphatic rings. The first-order chi connectivity index (χ1) is 11.8. The molecule has 0 atom stereocenters. The van der Waals surface area contributed by atoms with Gasteiger partial charge >= 0.3 is 0 Å². The number of aliphatic hydroxyl groups excluding tert-OH is 1. The predicted molar refractivity (Wildman–Crippen MR) is 94.1 cm³/mol. The largest absolute Gasteiger partial charge is 0.395 e. The lowest BCUT2D eigenvalue weighted by molar-refractivity contribution is 0.311. The molecule has 0 aliphatic heterocycles. The standard InChI is InChI=1S/C16H14N6OS/c1-9-7-11(10-3-2-4-17-8-10)12-13-14(24-16(12)19-9)15(18-5-6-23)21-22-20-13/h2-4,7-8,23H,5-6H2,1H3,(H,18,20,21). The molecule has 8 heteroatoms. The Morgan fingerprint density at radius 3 is 3.00 bits per heavy atom. The summed E-state index contributed by atoms with van der Waals surface area (Å²) < 4.78 is 0.886. The zero-order valence-electron chi connectivity index (χ0n) is 12.9. The fourth-order valence-electron chi connectivity index (χ4n) is 2.66. The van der Waals surface area contributed by atoms with Gasteiger partial charge in [-0.3, -0.25) is 4.98 Å². The first-order valence-corrected chi connectivity index (χ1v) is 8.28. The SMILES string of the molecule is Cc1cc(-c2cccnc2)c2c(n1)sc1c(NCCO)nnnc12. The van der Waals surface area contributed by atoms with Crippen LogP contribution in [0.3, 0.4) is 0 Å². The van der Waals surface area contributed by atoms with E-state index in [1.54, 1.807) is 6.20 Å². The molecule has 0 radical (unpaired) electrons. The van der Waals surface area contributed by atoms with Gasteiger partial charge in [-0.2, -0.15) is 0 Å². The van der Waals surface area contributed by atoms with Gasteiger partial charge in [0, 0.05) is 35.6 Å². The van der Waals surface area contributed by atoms with Gasteiger partial charge in [0.05, 0.1) is 6.61 Å². The summed E-state index contributed by atoms with van der Waals surface area (Å²) in [5.74, 6) is 0.617. The van der Waals surface area contributed by atoms with Gasteiger partial charge in [-0.25, -0.2) is 4.98 Å². The van der Waals surface area contributed by atoms with Crippen molar-refractivity contribution in [1.82, 2.24) is 25.4 Å². The summed E-state index contributed by atoms with van der Waals surface area (Å²) >= 11 is 1.52. The van der Waals surface area contributed by atoms with Crippen LogP contribution < -0.4 is 5.32 Å². The van der Waals surface area contributed by atoms with Crippen molar-refractivity contribution < 1.29 is 5.11 Å². The number of aliphatic hydroxyl groups is 1. The quantitative estimate of drug-likeness (QED) is 0.590. The third-order valence-electron chi connectivity index (χ3n) is 3.65. The molecule has 0 aromatic carbocycles. The number of fused-ring (bicyclic) bond motifs is 3. The highest BCUT2D eigenvalue weighted by Gasteiger charge is 2.17.